The molecular formula is C47H30N4. The van der Waals surface area contributed by atoms with Crippen LogP contribution in [0.25, 0.3) is 94.3 Å². The maximum Gasteiger partial charge on any atom is 0.238 e. The number of nitrogens with zero attached hydrogens (tertiary/aromatic N) is 4. The smallest absolute Gasteiger partial charge is 0.238 e. The summed E-state index contributed by atoms with van der Waals surface area (Å²) in [6.07, 6.45) is 0. The molecule has 0 aliphatic heterocycles. The number of rotatable bonds is 5. The Kier molecular flexibility index (Phi) is 6.78. The molecule has 8 aromatic carbocycles. The highest BCUT2D eigenvalue weighted by Crippen LogP contribution is 2.38. The maximum atomic E-state index is 5.20. The topological polar surface area (TPSA) is 43.6 Å². The second-order valence-corrected chi connectivity index (χ2v) is 12.9. The van der Waals surface area contributed by atoms with Crippen LogP contribution in [0.5, 0.6) is 0 Å². The van der Waals surface area contributed by atoms with Crippen molar-refractivity contribution in [3.05, 3.63) is 182 Å². The molecule has 0 atom stereocenters. The molecule has 0 saturated heterocycles. The van der Waals surface area contributed by atoms with Crippen LogP contribution in [0.1, 0.15) is 0 Å². The lowest BCUT2D eigenvalue weighted by Crippen LogP contribution is -2.06. The van der Waals surface area contributed by atoms with Gasteiger partial charge in [-0.15, -0.1) is 0 Å². The lowest BCUT2D eigenvalue weighted by atomic mass is 9.91. The zero-order valence-electron chi connectivity index (χ0n) is 27.6. The maximum absolute atomic E-state index is 5.20. The molecular weight excluding hydrogens is 621 g/mol. The molecule has 0 aliphatic rings. The summed E-state index contributed by atoms with van der Waals surface area (Å²) in [7, 11) is 0. The van der Waals surface area contributed by atoms with Gasteiger partial charge >= 0.3 is 0 Å². The number of benzene rings is 8. The summed E-state index contributed by atoms with van der Waals surface area (Å²) >= 11 is 0. The molecule has 10 aromatic rings. The Morgan fingerprint density at radius 1 is 0.333 bits per heavy atom. The van der Waals surface area contributed by atoms with E-state index in [1.54, 1.807) is 0 Å². The predicted octanol–water partition coefficient (Wildman–Crippen LogP) is 11.9. The quantitative estimate of drug-likeness (QED) is 0.186. The molecule has 0 fully saturated rings. The number of fused-ring (bicyclic) bond motifs is 5. The Hall–Kier alpha value is -6.91. The van der Waals surface area contributed by atoms with Gasteiger partial charge in [-0.2, -0.15) is 9.97 Å². The summed E-state index contributed by atoms with van der Waals surface area (Å²) in [5.41, 5.74) is 8.74. The van der Waals surface area contributed by atoms with Crippen molar-refractivity contribution < 1.29 is 0 Å². The molecule has 10 rings (SSSR count). The van der Waals surface area contributed by atoms with E-state index in [1.165, 1.54) is 43.6 Å². The molecule has 238 valence electrons. The highest BCUT2D eigenvalue weighted by molar-refractivity contribution is 6.13. The van der Waals surface area contributed by atoms with E-state index in [9.17, 15) is 0 Å². The van der Waals surface area contributed by atoms with Crippen LogP contribution in [0.2, 0.25) is 0 Å². The van der Waals surface area contributed by atoms with Gasteiger partial charge in [-0.3, -0.25) is 4.57 Å². The first-order chi connectivity index (χ1) is 25.3. The first kappa shape index (κ1) is 29.0. The summed E-state index contributed by atoms with van der Waals surface area (Å²) < 4.78 is 2.18. The number of aromatic nitrogens is 4. The van der Waals surface area contributed by atoms with Crippen LogP contribution in [0, 0.1) is 0 Å². The Balaban J connectivity index is 1.16. The largest absolute Gasteiger partial charge is 0.278 e. The lowest BCUT2D eigenvalue weighted by Gasteiger charge is -2.13. The van der Waals surface area contributed by atoms with Crippen LogP contribution >= 0.6 is 0 Å². The van der Waals surface area contributed by atoms with E-state index in [4.69, 9.17) is 15.0 Å². The molecule has 0 amide bonds. The molecule has 4 heteroatoms. The predicted molar refractivity (Wildman–Crippen MR) is 211 cm³/mol. The SMILES string of the molecule is c1ccc(-c2nc(-c3ccc(-c4cccc5cccc(-c6ccccc6)c45)cc3)nc(-n3c4ccccc4c4cc5ccccc5cc43)n2)cc1. The Bertz CT molecular complexity index is 2890. The van der Waals surface area contributed by atoms with Gasteiger partial charge in [0.05, 0.1) is 11.0 Å². The van der Waals surface area contributed by atoms with E-state index in [0.29, 0.717) is 17.6 Å². The molecule has 51 heavy (non-hydrogen) atoms. The van der Waals surface area contributed by atoms with E-state index in [-0.39, 0.29) is 0 Å². The fourth-order valence-electron chi connectivity index (χ4n) is 7.42. The molecule has 0 bridgehead atoms. The number of hydrogen-bond acceptors (Lipinski definition) is 3. The fraction of sp³-hybridized carbons (Fsp3) is 0. The molecule has 0 unspecified atom stereocenters. The summed E-state index contributed by atoms with van der Waals surface area (Å²) in [5.74, 6) is 1.85. The molecule has 0 radical (unpaired) electrons. The lowest BCUT2D eigenvalue weighted by molar-refractivity contribution is 0.954. The number of hydrogen-bond donors (Lipinski definition) is 0. The van der Waals surface area contributed by atoms with Crippen molar-refractivity contribution in [2.75, 3.05) is 0 Å². The summed E-state index contributed by atoms with van der Waals surface area (Å²) in [6, 6.07) is 64.0. The van der Waals surface area contributed by atoms with Gasteiger partial charge in [-0.1, -0.05) is 164 Å². The van der Waals surface area contributed by atoms with Crippen molar-refractivity contribution in [3.63, 3.8) is 0 Å². The molecule has 0 saturated carbocycles. The zero-order chi connectivity index (χ0) is 33.7. The standard InChI is InChI=1S/C47H30N4/c1-3-13-31(14-4-1)38-22-11-19-33-20-12-23-39(44(33)38)32-25-27-35(28-26-32)46-48-45(34-15-5-2-6-16-34)49-47(50-46)51-42-24-10-9-21-40(42)41-29-36-17-7-8-18-37(36)30-43(41)51/h1-30H. The van der Waals surface area contributed by atoms with Gasteiger partial charge in [-0.05, 0) is 62.0 Å². The molecule has 4 nitrogen and oxygen atoms in total. The van der Waals surface area contributed by atoms with Crippen LogP contribution in [0.4, 0.5) is 0 Å². The van der Waals surface area contributed by atoms with E-state index in [2.05, 4.69) is 168 Å². The van der Waals surface area contributed by atoms with Gasteiger partial charge in [-0.25, -0.2) is 4.98 Å². The van der Waals surface area contributed by atoms with E-state index < -0.39 is 0 Å². The third-order valence-electron chi connectivity index (χ3n) is 9.84. The molecule has 0 spiro atoms. The van der Waals surface area contributed by atoms with E-state index in [0.717, 1.165) is 33.1 Å². The second kappa shape index (κ2) is 11.9. The monoisotopic (exact) mass is 650 g/mol. The van der Waals surface area contributed by atoms with Crippen molar-refractivity contribution in [3.8, 4) is 51.0 Å². The number of para-hydroxylation sites is 1. The third-order valence-corrected chi connectivity index (χ3v) is 9.84. The van der Waals surface area contributed by atoms with Crippen LogP contribution in [-0.4, -0.2) is 19.5 Å². The highest BCUT2D eigenvalue weighted by atomic mass is 15.2. The Morgan fingerprint density at radius 3 is 1.53 bits per heavy atom. The first-order valence-corrected chi connectivity index (χ1v) is 17.2. The minimum atomic E-state index is 0.589. The van der Waals surface area contributed by atoms with Gasteiger partial charge in [0.1, 0.15) is 0 Å². The van der Waals surface area contributed by atoms with Gasteiger partial charge < -0.3 is 0 Å². The summed E-state index contributed by atoms with van der Waals surface area (Å²) in [5, 5.41) is 7.17. The Morgan fingerprint density at radius 2 is 0.843 bits per heavy atom. The minimum Gasteiger partial charge on any atom is -0.278 e. The van der Waals surface area contributed by atoms with Gasteiger partial charge in [0.2, 0.25) is 5.95 Å². The van der Waals surface area contributed by atoms with Crippen molar-refractivity contribution in [2.24, 2.45) is 0 Å². The highest BCUT2D eigenvalue weighted by Gasteiger charge is 2.19. The van der Waals surface area contributed by atoms with Crippen LogP contribution in [0.3, 0.4) is 0 Å². The van der Waals surface area contributed by atoms with Crippen molar-refractivity contribution >= 4 is 43.4 Å². The molecule has 2 aromatic heterocycles. The average Bonchev–Trinajstić information content (AvgIpc) is 3.53. The van der Waals surface area contributed by atoms with Gasteiger partial charge in [0.15, 0.2) is 11.6 Å². The first-order valence-electron chi connectivity index (χ1n) is 17.2. The molecule has 2 heterocycles. The van der Waals surface area contributed by atoms with Crippen LogP contribution in [-0.2, 0) is 0 Å². The van der Waals surface area contributed by atoms with Crippen LogP contribution in [0.15, 0.2) is 182 Å². The van der Waals surface area contributed by atoms with Crippen LogP contribution < -0.4 is 0 Å². The second-order valence-electron chi connectivity index (χ2n) is 12.9. The van der Waals surface area contributed by atoms with Gasteiger partial charge in [0, 0.05) is 21.9 Å². The molecule has 0 N–H and O–H groups in total. The fourth-order valence-corrected chi connectivity index (χ4v) is 7.42. The minimum absolute atomic E-state index is 0.589. The van der Waals surface area contributed by atoms with Crippen molar-refractivity contribution in [1.29, 1.82) is 0 Å². The summed E-state index contributed by atoms with van der Waals surface area (Å²) in [4.78, 5) is 15.4. The third kappa shape index (κ3) is 4.96. The van der Waals surface area contributed by atoms with E-state index in [1.807, 2.05) is 18.2 Å². The summed E-state index contributed by atoms with van der Waals surface area (Å²) in [6.45, 7) is 0. The zero-order valence-corrected chi connectivity index (χ0v) is 27.6. The normalized spacial score (nSPS) is 11.5. The van der Waals surface area contributed by atoms with E-state index >= 15 is 0 Å². The average molecular weight is 651 g/mol. The Labute approximate surface area is 295 Å². The van der Waals surface area contributed by atoms with Crippen molar-refractivity contribution in [2.45, 2.75) is 0 Å². The van der Waals surface area contributed by atoms with Gasteiger partial charge in [0.25, 0.3) is 0 Å². The molecule has 0 aliphatic carbocycles. The van der Waals surface area contributed by atoms with Crippen molar-refractivity contribution in [1.82, 2.24) is 19.5 Å².